The van der Waals surface area contributed by atoms with E-state index in [1.54, 1.807) is 12.0 Å². The summed E-state index contributed by atoms with van der Waals surface area (Å²) in [4.78, 5) is 28.1. The van der Waals surface area contributed by atoms with Gasteiger partial charge in [0.2, 0.25) is 11.8 Å². The number of rotatable bonds is 6. The third-order valence-electron chi connectivity index (χ3n) is 5.94. The van der Waals surface area contributed by atoms with Crippen LogP contribution < -0.4 is 15.0 Å². The SMILES string of the molecule is COc1ccccc1[C@H]1SCC(=O)N(CC(=O)NC(C)C)c2c1c(-c1ccccc1)nn2C(C)(C)C. The lowest BCUT2D eigenvalue weighted by Gasteiger charge is -2.29. The van der Waals surface area contributed by atoms with Crippen LogP contribution in [0.15, 0.2) is 54.6 Å². The molecular weight excluding hydrogens is 472 g/mol. The summed E-state index contributed by atoms with van der Waals surface area (Å²) in [5, 5.41) is 7.81. The Morgan fingerprint density at radius 1 is 1.14 bits per heavy atom. The molecule has 0 unspecified atom stereocenters. The molecule has 2 amide bonds. The molecule has 36 heavy (non-hydrogen) atoms. The molecule has 0 saturated heterocycles. The Hall–Kier alpha value is -3.26. The van der Waals surface area contributed by atoms with E-state index in [0.717, 1.165) is 28.1 Å². The average molecular weight is 507 g/mol. The summed E-state index contributed by atoms with van der Waals surface area (Å²) in [6.45, 7) is 9.92. The number of fused-ring (bicyclic) bond motifs is 1. The number of thioether (sulfide) groups is 1. The van der Waals surface area contributed by atoms with Crippen LogP contribution in [0.3, 0.4) is 0 Å². The molecule has 7 nitrogen and oxygen atoms in total. The van der Waals surface area contributed by atoms with Crippen LogP contribution in [0.4, 0.5) is 5.82 Å². The fourth-order valence-corrected chi connectivity index (χ4v) is 5.66. The van der Waals surface area contributed by atoms with Crippen molar-refractivity contribution in [1.29, 1.82) is 0 Å². The van der Waals surface area contributed by atoms with Crippen molar-refractivity contribution >= 4 is 29.4 Å². The Bertz CT molecular complexity index is 1250. The van der Waals surface area contributed by atoms with Crippen LogP contribution in [0.2, 0.25) is 0 Å². The van der Waals surface area contributed by atoms with Gasteiger partial charge < -0.3 is 10.1 Å². The molecule has 3 aromatic rings. The quantitative estimate of drug-likeness (QED) is 0.509. The van der Waals surface area contributed by atoms with Gasteiger partial charge in [0.25, 0.3) is 0 Å². The first-order valence-corrected chi connectivity index (χ1v) is 13.2. The fraction of sp³-hybridized carbons (Fsp3) is 0.393. The second-order valence-electron chi connectivity index (χ2n) is 10.2. The molecule has 0 radical (unpaired) electrons. The lowest BCUT2D eigenvalue weighted by Crippen LogP contribution is -2.45. The maximum atomic E-state index is 13.6. The Morgan fingerprint density at radius 2 is 1.81 bits per heavy atom. The highest BCUT2D eigenvalue weighted by Crippen LogP contribution is 2.50. The number of carbonyl (C=O) groups is 2. The number of carbonyl (C=O) groups excluding carboxylic acids is 2. The van der Waals surface area contributed by atoms with Crippen LogP contribution in [0, 0.1) is 0 Å². The predicted molar refractivity (Wildman–Crippen MR) is 146 cm³/mol. The molecule has 1 aliphatic heterocycles. The average Bonchev–Trinajstić information content (AvgIpc) is 3.18. The van der Waals surface area contributed by atoms with Gasteiger partial charge in [0.05, 0.1) is 29.3 Å². The minimum absolute atomic E-state index is 0.0258. The molecule has 0 fully saturated rings. The van der Waals surface area contributed by atoms with Gasteiger partial charge in [0, 0.05) is 22.7 Å². The number of anilines is 1. The van der Waals surface area contributed by atoms with Gasteiger partial charge in [-0.3, -0.25) is 14.5 Å². The van der Waals surface area contributed by atoms with E-state index < -0.39 is 5.54 Å². The molecule has 1 aliphatic rings. The van der Waals surface area contributed by atoms with Crippen molar-refractivity contribution in [2.24, 2.45) is 0 Å². The van der Waals surface area contributed by atoms with Gasteiger partial charge in [0.1, 0.15) is 18.1 Å². The van der Waals surface area contributed by atoms with E-state index >= 15 is 0 Å². The van der Waals surface area contributed by atoms with E-state index in [9.17, 15) is 9.59 Å². The van der Waals surface area contributed by atoms with E-state index in [0.29, 0.717) is 5.82 Å². The highest BCUT2D eigenvalue weighted by atomic mass is 32.2. The molecule has 2 heterocycles. The zero-order valence-corrected chi connectivity index (χ0v) is 22.6. The second-order valence-corrected chi connectivity index (χ2v) is 11.3. The molecule has 2 aromatic carbocycles. The molecule has 0 spiro atoms. The fourth-order valence-electron chi connectivity index (χ4n) is 4.44. The predicted octanol–water partition coefficient (Wildman–Crippen LogP) is 5.01. The van der Waals surface area contributed by atoms with E-state index in [-0.39, 0.29) is 35.4 Å². The molecule has 4 rings (SSSR count). The van der Waals surface area contributed by atoms with Crippen molar-refractivity contribution in [3.8, 4) is 17.0 Å². The third kappa shape index (κ3) is 5.14. The summed E-state index contributed by atoms with van der Waals surface area (Å²) in [5.74, 6) is 1.31. The van der Waals surface area contributed by atoms with Gasteiger partial charge in [0.15, 0.2) is 0 Å². The summed E-state index contributed by atoms with van der Waals surface area (Å²) < 4.78 is 7.64. The van der Waals surface area contributed by atoms with Crippen molar-refractivity contribution in [2.75, 3.05) is 24.3 Å². The lowest BCUT2D eigenvalue weighted by molar-refractivity contribution is -0.123. The minimum atomic E-state index is -0.440. The standard InChI is InChI=1S/C28H34N4O3S/c1-18(2)29-22(33)16-31-23(34)17-36-26(20-14-10-11-15-21(20)35-6)24-25(19-12-8-7-9-13-19)30-32(27(24)31)28(3,4)5/h7-15,18,26H,16-17H2,1-6H3,(H,29,33)/t26-/m1/s1. The topological polar surface area (TPSA) is 76.5 Å². The summed E-state index contributed by atoms with van der Waals surface area (Å²) >= 11 is 1.54. The minimum Gasteiger partial charge on any atom is -0.496 e. The number of hydrogen-bond acceptors (Lipinski definition) is 5. The van der Waals surface area contributed by atoms with Crippen molar-refractivity contribution in [3.63, 3.8) is 0 Å². The van der Waals surface area contributed by atoms with Gasteiger partial charge in [-0.2, -0.15) is 5.10 Å². The number of aromatic nitrogens is 2. The summed E-state index contributed by atoms with van der Waals surface area (Å²) in [6.07, 6.45) is 0. The smallest absolute Gasteiger partial charge is 0.240 e. The van der Waals surface area contributed by atoms with Crippen LogP contribution >= 0.6 is 11.8 Å². The maximum absolute atomic E-state index is 13.6. The maximum Gasteiger partial charge on any atom is 0.240 e. The largest absolute Gasteiger partial charge is 0.496 e. The van der Waals surface area contributed by atoms with Crippen molar-refractivity contribution in [2.45, 2.75) is 51.4 Å². The molecule has 1 atom stereocenters. The first kappa shape index (κ1) is 25.8. The first-order valence-electron chi connectivity index (χ1n) is 12.1. The van der Waals surface area contributed by atoms with Gasteiger partial charge in [-0.05, 0) is 40.7 Å². The molecule has 1 N–H and O–H groups in total. The van der Waals surface area contributed by atoms with Crippen LogP contribution in [0.25, 0.3) is 11.3 Å². The van der Waals surface area contributed by atoms with Gasteiger partial charge in [-0.1, -0.05) is 48.5 Å². The zero-order valence-electron chi connectivity index (χ0n) is 21.7. The first-order chi connectivity index (χ1) is 17.1. The number of methoxy groups -OCH3 is 1. The lowest BCUT2D eigenvalue weighted by atomic mass is 9.98. The molecule has 8 heteroatoms. The Labute approximate surface area is 217 Å². The highest BCUT2D eigenvalue weighted by Gasteiger charge is 2.40. The van der Waals surface area contributed by atoms with E-state index in [2.05, 4.69) is 26.1 Å². The number of ether oxygens (including phenoxy) is 1. The number of benzene rings is 2. The molecule has 0 bridgehead atoms. The molecule has 1 aromatic heterocycles. The molecule has 0 aliphatic carbocycles. The molecule has 0 saturated carbocycles. The van der Waals surface area contributed by atoms with Crippen LogP contribution in [0.5, 0.6) is 5.75 Å². The van der Waals surface area contributed by atoms with Crippen LogP contribution in [-0.2, 0) is 15.1 Å². The summed E-state index contributed by atoms with van der Waals surface area (Å²) in [7, 11) is 1.66. The van der Waals surface area contributed by atoms with Crippen LogP contribution in [0.1, 0.15) is 51.0 Å². The highest BCUT2D eigenvalue weighted by molar-refractivity contribution is 8.00. The number of amides is 2. The Morgan fingerprint density at radius 3 is 2.44 bits per heavy atom. The summed E-state index contributed by atoms with van der Waals surface area (Å²) in [6, 6.07) is 17.9. The number of nitrogens with zero attached hydrogens (tertiary/aromatic N) is 3. The third-order valence-corrected chi connectivity index (χ3v) is 7.18. The summed E-state index contributed by atoms with van der Waals surface area (Å²) in [5.41, 5.74) is 3.20. The Kier molecular flexibility index (Phi) is 7.45. The van der Waals surface area contributed by atoms with Gasteiger partial charge in [-0.15, -0.1) is 11.8 Å². The van der Waals surface area contributed by atoms with E-state index in [4.69, 9.17) is 9.84 Å². The van der Waals surface area contributed by atoms with Crippen molar-refractivity contribution in [1.82, 2.24) is 15.1 Å². The molecular formula is C28H34N4O3S. The van der Waals surface area contributed by atoms with Crippen molar-refractivity contribution in [3.05, 3.63) is 65.7 Å². The molecule has 190 valence electrons. The second kappa shape index (κ2) is 10.4. The van der Waals surface area contributed by atoms with Gasteiger partial charge >= 0.3 is 0 Å². The number of hydrogen-bond donors (Lipinski definition) is 1. The Balaban J connectivity index is 2.02. The monoisotopic (exact) mass is 506 g/mol. The zero-order chi connectivity index (χ0) is 26.0. The normalized spacial score (nSPS) is 16.0. The number of para-hydroxylation sites is 1. The van der Waals surface area contributed by atoms with E-state index in [1.165, 1.54) is 11.8 Å². The van der Waals surface area contributed by atoms with Gasteiger partial charge in [-0.25, -0.2) is 4.68 Å². The van der Waals surface area contributed by atoms with Crippen molar-refractivity contribution < 1.29 is 14.3 Å². The van der Waals surface area contributed by atoms with E-state index in [1.807, 2.05) is 73.1 Å². The number of nitrogens with one attached hydrogen (secondary N) is 1. The van der Waals surface area contributed by atoms with Crippen LogP contribution in [-0.4, -0.2) is 47.0 Å².